The predicted octanol–water partition coefficient (Wildman–Crippen LogP) is 2.80. The molecule has 4 heteroatoms. The molecular weight excluding hydrogens is 304 g/mol. The molecule has 1 N–H and O–H groups in total. The monoisotopic (exact) mass is 330 g/mol. The van der Waals surface area contributed by atoms with E-state index >= 15 is 0 Å². The van der Waals surface area contributed by atoms with E-state index in [2.05, 4.69) is 13.5 Å². The molecule has 3 aliphatic heterocycles. The first-order valence-corrected chi connectivity index (χ1v) is 9.63. The number of allylic oxidation sites excluding steroid dienone is 1. The summed E-state index contributed by atoms with van der Waals surface area (Å²) < 4.78 is 12.1. The van der Waals surface area contributed by atoms with E-state index in [4.69, 9.17) is 9.47 Å². The van der Waals surface area contributed by atoms with Gasteiger partial charge in [0.15, 0.2) is 6.10 Å². The number of carbonyl (C=O) groups excluding carboxylic acids is 1. The van der Waals surface area contributed by atoms with Crippen LogP contribution in [0, 0.1) is 34.0 Å². The van der Waals surface area contributed by atoms with Gasteiger partial charge in [-0.25, -0.2) is 0 Å². The molecule has 7 aliphatic rings. The average Bonchev–Trinajstić information content (AvgIpc) is 2.97. The summed E-state index contributed by atoms with van der Waals surface area (Å²) in [6, 6.07) is 0. The van der Waals surface area contributed by atoms with Gasteiger partial charge in [-0.05, 0) is 57.3 Å². The van der Waals surface area contributed by atoms with Crippen LogP contribution in [0.15, 0.2) is 12.2 Å². The number of rotatable bonds is 0. The lowest BCUT2D eigenvalue weighted by atomic mass is 9.37. The molecule has 7 rings (SSSR count). The van der Waals surface area contributed by atoms with E-state index in [1.54, 1.807) is 0 Å². The van der Waals surface area contributed by atoms with Crippen LogP contribution in [0.3, 0.4) is 0 Å². The fraction of sp³-hybridized carbons (Fsp3) is 0.850. The van der Waals surface area contributed by atoms with Gasteiger partial charge in [-0.2, -0.15) is 0 Å². The van der Waals surface area contributed by atoms with Gasteiger partial charge in [-0.15, -0.1) is 0 Å². The van der Waals surface area contributed by atoms with Gasteiger partial charge in [0.05, 0.1) is 12.0 Å². The molecule has 0 aromatic carbocycles. The number of hydrogen-bond acceptors (Lipinski definition) is 4. The number of fused-ring (bicyclic) bond motifs is 2. The Balaban J connectivity index is 1.62. The molecule has 8 atom stereocenters. The highest BCUT2D eigenvalue weighted by atomic mass is 16.7. The van der Waals surface area contributed by atoms with Gasteiger partial charge in [-0.3, -0.25) is 4.79 Å². The molecule has 3 heterocycles. The second kappa shape index (κ2) is 3.78. The Bertz CT molecular complexity index is 687. The number of ether oxygens (including phenoxy) is 2. The number of aliphatic hydroxyl groups is 1. The molecule has 0 unspecified atom stereocenters. The first-order valence-electron chi connectivity index (χ1n) is 9.63. The second-order valence-electron chi connectivity index (χ2n) is 9.82. The van der Waals surface area contributed by atoms with Gasteiger partial charge in [-0.1, -0.05) is 18.6 Å². The van der Waals surface area contributed by atoms with Crippen molar-refractivity contribution in [2.24, 2.45) is 34.0 Å². The minimum atomic E-state index is -1.31. The molecule has 4 aliphatic carbocycles. The smallest absolute Gasteiger partial charge is 0.312 e. The number of hydrogen-bond donors (Lipinski definition) is 1. The highest BCUT2D eigenvalue weighted by Gasteiger charge is 2.84. The molecule has 2 spiro atoms. The Kier molecular flexibility index (Phi) is 2.25. The van der Waals surface area contributed by atoms with Crippen LogP contribution < -0.4 is 0 Å². The summed E-state index contributed by atoms with van der Waals surface area (Å²) in [6.07, 6.45) is 6.72. The van der Waals surface area contributed by atoms with Gasteiger partial charge in [0.2, 0.25) is 5.79 Å². The molecule has 4 nitrogen and oxygen atoms in total. The molecule has 3 saturated heterocycles. The van der Waals surface area contributed by atoms with E-state index in [1.165, 1.54) is 12.0 Å². The predicted molar refractivity (Wildman–Crippen MR) is 85.7 cm³/mol. The fourth-order valence-electron chi connectivity index (χ4n) is 8.41. The van der Waals surface area contributed by atoms with Crippen molar-refractivity contribution in [2.75, 3.05) is 6.61 Å². The molecule has 0 amide bonds. The van der Waals surface area contributed by atoms with Gasteiger partial charge in [0.25, 0.3) is 0 Å². The Hall–Kier alpha value is -0.870. The topological polar surface area (TPSA) is 55.8 Å². The number of esters is 1. The van der Waals surface area contributed by atoms with Crippen LogP contribution >= 0.6 is 0 Å². The Morgan fingerprint density at radius 2 is 2.12 bits per heavy atom. The van der Waals surface area contributed by atoms with E-state index in [0.717, 1.165) is 38.5 Å². The van der Waals surface area contributed by atoms with Crippen LogP contribution in [0.5, 0.6) is 0 Å². The zero-order valence-corrected chi connectivity index (χ0v) is 14.3. The third-order valence-corrected chi connectivity index (χ3v) is 9.20. The lowest BCUT2D eigenvalue weighted by molar-refractivity contribution is -0.434. The standard InChI is InChI=1S/C20H26O4/c1-11-8-19-9-12(11)4-5-13(19)18-7-3-6-17(2)14(18)15(24-16(17)21)20(19,22)23-10-18/h12-15,22H,1,3-10H2,2H3/t12-,13+,14-,15-,17-,18-,19+,20+/m1/s1. The van der Waals surface area contributed by atoms with Gasteiger partial charge in [0.1, 0.15) is 0 Å². The molecule has 24 heavy (non-hydrogen) atoms. The van der Waals surface area contributed by atoms with E-state index in [1.807, 2.05) is 0 Å². The van der Waals surface area contributed by atoms with E-state index in [-0.39, 0.29) is 22.7 Å². The summed E-state index contributed by atoms with van der Waals surface area (Å²) in [5.41, 5.74) is 0.561. The molecule has 4 bridgehead atoms. The second-order valence-corrected chi connectivity index (χ2v) is 9.82. The van der Waals surface area contributed by atoms with Crippen molar-refractivity contribution < 1.29 is 19.4 Å². The van der Waals surface area contributed by atoms with Crippen LogP contribution in [0.1, 0.15) is 51.9 Å². The zero-order valence-electron chi connectivity index (χ0n) is 14.3. The summed E-state index contributed by atoms with van der Waals surface area (Å²) in [5, 5.41) is 11.8. The van der Waals surface area contributed by atoms with Crippen molar-refractivity contribution in [3.05, 3.63) is 12.2 Å². The Morgan fingerprint density at radius 1 is 1.29 bits per heavy atom. The fourth-order valence-corrected chi connectivity index (χ4v) is 8.41. The zero-order chi connectivity index (χ0) is 16.5. The molecular formula is C20H26O4. The highest BCUT2D eigenvalue weighted by molar-refractivity contribution is 5.80. The highest BCUT2D eigenvalue weighted by Crippen LogP contribution is 2.79. The number of carbonyl (C=O) groups is 1. The van der Waals surface area contributed by atoms with Crippen molar-refractivity contribution in [3.63, 3.8) is 0 Å². The SMILES string of the molecule is C=C1C[C@]23C[C@H]1CC[C@H]2[C@]12CCC[C@@]4(C)C(=O)O[C@H]([C@@H]14)[C@]3(O)OC2. The molecule has 4 saturated carbocycles. The van der Waals surface area contributed by atoms with Crippen LogP contribution in [-0.2, 0) is 14.3 Å². The summed E-state index contributed by atoms with van der Waals surface area (Å²) in [5.74, 6) is -0.350. The van der Waals surface area contributed by atoms with E-state index in [0.29, 0.717) is 18.4 Å². The van der Waals surface area contributed by atoms with Crippen molar-refractivity contribution in [2.45, 2.75) is 63.8 Å². The van der Waals surface area contributed by atoms with Crippen LogP contribution in [-0.4, -0.2) is 29.6 Å². The van der Waals surface area contributed by atoms with E-state index < -0.39 is 17.3 Å². The maximum Gasteiger partial charge on any atom is 0.312 e. The van der Waals surface area contributed by atoms with E-state index in [9.17, 15) is 9.90 Å². The summed E-state index contributed by atoms with van der Waals surface area (Å²) in [6.45, 7) is 6.99. The maximum atomic E-state index is 12.8. The maximum absolute atomic E-state index is 12.8. The normalized spacial score (nSPS) is 63.1. The van der Waals surface area contributed by atoms with Crippen molar-refractivity contribution in [3.8, 4) is 0 Å². The largest absolute Gasteiger partial charge is 0.456 e. The van der Waals surface area contributed by atoms with Crippen LogP contribution in [0.4, 0.5) is 0 Å². The minimum Gasteiger partial charge on any atom is -0.456 e. The average molecular weight is 330 g/mol. The van der Waals surface area contributed by atoms with Crippen molar-refractivity contribution in [1.82, 2.24) is 0 Å². The van der Waals surface area contributed by atoms with Crippen molar-refractivity contribution >= 4 is 5.97 Å². The summed E-state index contributed by atoms with van der Waals surface area (Å²) in [7, 11) is 0. The summed E-state index contributed by atoms with van der Waals surface area (Å²) >= 11 is 0. The molecule has 0 radical (unpaired) electrons. The van der Waals surface area contributed by atoms with Gasteiger partial charge in [0, 0.05) is 16.7 Å². The lowest BCUT2D eigenvalue weighted by Crippen LogP contribution is -2.78. The quantitative estimate of drug-likeness (QED) is 0.548. The molecule has 0 aromatic heterocycles. The van der Waals surface area contributed by atoms with Crippen LogP contribution in [0.2, 0.25) is 0 Å². The minimum absolute atomic E-state index is 0.00387. The van der Waals surface area contributed by atoms with Crippen LogP contribution in [0.25, 0.3) is 0 Å². The van der Waals surface area contributed by atoms with Gasteiger partial charge >= 0.3 is 5.97 Å². The van der Waals surface area contributed by atoms with Crippen molar-refractivity contribution in [1.29, 1.82) is 0 Å². The molecule has 130 valence electrons. The third-order valence-electron chi connectivity index (χ3n) is 9.20. The first-order chi connectivity index (χ1) is 11.4. The lowest BCUT2D eigenvalue weighted by Gasteiger charge is -2.71. The Labute approximate surface area is 142 Å². The molecule has 7 fully saturated rings. The van der Waals surface area contributed by atoms with Gasteiger partial charge < -0.3 is 14.6 Å². The third kappa shape index (κ3) is 1.15. The Morgan fingerprint density at radius 3 is 2.96 bits per heavy atom. The first kappa shape index (κ1) is 14.3. The summed E-state index contributed by atoms with van der Waals surface area (Å²) in [4.78, 5) is 12.8. The molecule has 0 aromatic rings.